The third-order valence-corrected chi connectivity index (χ3v) is 8.14. The van der Waals surface area contributed by atoms with Gasteiger partial charge in [-0.2, -0.15) is 0 Å². The van der Waals surface area contributed by atoms with E-state index in [0.717, 1.165) is 16.1 Å². The second kappa shape index (κ2) is 14.6. The number of carbonyl (C=O) groups excluding carboxylic acids is 2. The molecule has 0 fully saturated rings. The molecule has 3 aromatic carbocycles. The highest BCUT2D eigenvalue weighted by Gasteiger charge is 2.31. The molecule has 41 heavy (non-hydrogen) atoms. The molecular formula is C30H35Cl2N3O5S. The zero-order chi connectivity index (χ0) is 30.2. The van der Waals surface area contributed by atoms with Crippen LogP contribution in [0.15, 0.2) is 72.8 Å². The minimum absolute atomic E-state index is 0.0858. The number of halogens is 2. The van der Waals surface area contributed by atoms with Gasteiger partial charge in [0.2, 0.25) is 21.8 Å². The average molecular weight is 621 g/mol. The topological polar surface area (TPSA) is 96.0 Å². The zero-order valence-corrected chi connectivity index (χ0v) is 25.8. The number of anilines is 1. The summed E-state index contributed by atoms with van der Waals surface area (Å²) in [5, 5.41) is 3.49. The summed E-state index contributed by atoms with van der Waals surface area (Å²) < 4.78 is 32.5. The lowest BCUT2D eigenvalue weighted by Crippen LogP contribution is -2.51. The maximum absolute atomic E-state index is 13.7. The van der Waals surface area contributed by atoms with Crippen LogP contribution in [0.3, 0.4) is 0 Å². The summed E-state index contributed by atoms with van der Waals surface area (Å²) in [6, 6.07) is 20.1. The number of sulfonamides is 1. The van der Waals surface area contributed by atoms with Crippen LogP contribution in [0, 0.1) is 5.92 Å². The molecule has 220 valence electrons. The van der Waals surface area contributed by atoms with Gasteiger partial charge in [0.1, 0.15) is 24.9 Å². The lowest BCUT2D eigenvalue weighted by molar-refractivity contribution is -0.139. The Hall–Kier alpha value is -3.27. The Balaban J connectivity index is 1.85. The van der Waals surface area contributed by atoms with Gasteiger partial charge in [0, 0.05) is 28.7 Å². The van der Waals surface area contributed by atoms with E-state index in [9.17, 15) is 18.0 Å². The van der Waals surface area contributed by atoms with Crippen molar-refractivity contribution >= 4 is 50.7 Å². The van der Waals surface area contributed by atoms with E-state index in [2.05, 4.69) is 5.32 Å². The number of carbonyl (C=O) groups is 2. The summed E-state index contributed by atoms with van der Waals surface area (Å²) >= 11 is 12.8. The molecule has 1 atom stereocenters. The van der Waals surface area contributed by atoms with Crippen LogP contribution in [0.5, 0.6) is 5.75 Å². The number of nitrogens with one attached hydrogen (secondary N) is 1. The molecule has 8 nitrogen and oxygen atoms in total. The third-order valence-electron chi connectivity index (χ3n) is 6.29. The first-order chi connectivity index (χ1) is 19.4. The summed E-state index contributed by atoms with van der Waals surface area (Å²) in [5.74, 6) is -0.222. The molecular weight excluding hydrogens is 585 g/mol. The van der Waals surface area contributed by atoms with E-state index in [0.29, 0.717) is 34.5 Å². The van der Waals surface area contributed by atoms with E-state index in [-0.39, 0.29) is 24.1 Å². The number of amides is 2. The number of rotatable bonds is 13. The van der Waals surface area contributed by atoms with E-state index in [1.807, 2.05) is 44.2 Å². The highest BCUT2D eigenvalue weighted by molar-refractivity contribution is 7.92. The van der Waals surface area contributed by atoms with Gasteiger partial charge in [0.05, 0.1) is 11.9 Å². The molecule has 1 N–H and O–H groups in total. The van der Waals surface area contributed by atoms with E-state index < -0.39 is 28.5 Å². The molecule has 0 aliphatic heterocycles. The molecule has 0 aliphatic carbocycles. The predicted octanol–water partition coefficient (Wildman–Crippen LogP) is 5.53. The molecule has 0 spiro atoms. The van der Waals surface area contributed by atoms with E-state index in [1.165, 1.54) is 4.90 Å². The molecule has 0 unspecified atom stereocenters. The fourth-order valence-electron chi connectivity index (χ4n) is 3.95. The van der Waals surface area contributed by atoms with Gasteiger partial charge in [-0.3, -0.25) is 13.9 Å². The Kier molecular flexibility index (Phi) is 11.5. The minimum Gasteiger partial charge on any atom is -0.489 e. The maximum atomic E-state index is 13.7. The summed E-state index contributed by atoms with van der Waals surface area (Å²) in [6.07, 6.45) is 1.02. The lowest BCUT2D eigenvalue weighted by atomic mass is 10.1. The summed E-state index contributed by atoms with van der Waals surface area (Å²) in [7, 11) is -3.88. The Morgan fingerprint density at radius 3 is 2.07 bits per heavy atom. The average Bonchev–Trinajstić information content (AvgIpc) is 2.93. The highest BCUT2D eigenvalue weighted by Crippen LogP contribution is 2.28. The first-order valence-corrected chi connectivity index (χ1v) is 15.7. The predicted molar refractivity (Wildman–Crippen MR) is 164 cm³/mol. The largest absolute Gasteiger partial charge is 0.489 e. The first kappa shape index (κ1) is 32.2. The van der Waals surface area contributed by atoms with Gasteiger partial charge in [-0.05, 0) is 54.8 Å². The molecule has 0 aliphatic rings. The molecule has 0 heterocycles. The molecule has 3 aromatic rings. The number of hydrogen-bond acceptors (Lipinski definition) is 5. The van der Waals surface area contributed by atoms with Gasteiger partial charge >= 0.3 is 0 Å². The molecule has 0 aromatic heterocycles. The quantitative estimate of drug-likeness (QED) is 0.271. The van der Waals surface area contributed by atoms with E-state index in [4.69, 9.17) is 27.9 Å². The Morgan fingerprint density at radius 1 is 0.902 bits per heavy atom. The Bertz CT molecular complexity index is 1410. The Morgan fingerprint density at radius 2 is 1.51 bits per heavy atom. The van der Waals surface area contributed by atoms with Gasteiger partial charge in [0.25, 0.3) is 0 Å². The number of ether oxygens (including phenoxy) is 1. The number of hydrogen-bond donors (Lipinski definition) is 1. The molecule has 0 bridgehead atoms. The molecule has 11 heteroatoms. The van der Waals surface area contributed by atoms with Gasteiger partial charge in [-0.25, -0.2) is 8.42 Å². The molecule has 0 saturated carbocycles. The van der Waals surface area contributed by atoms with Crippen molar-refractivity contribution < 1.29 is 22.7 Å². The van der Waals surface area contributed by atoms with Gasteiger partial charge in [-0.15, -0.1) is 0 Å². The van der Waals surface area contributed by atoms with Crippen LogP contribution in [0.4, 0.5) is 5.69 Å². The third kappa shape index (κ3) is 9.38. The highest BCUT2D eigenvalue weighted by atomic mass is 35.5. The van der Waals surface area contributed by atoms with Crippen LogP contribution >= 0.6 is 23.2 Å². The fourth-order valence-corrected chi connectivity index (χ4v) is 5.32. The second-order valence-corrected chi connectivity index (χ2v) is 12.8. The fraction of sp³-hybridized carbons (Fsp3) is 0.333. The molecule has 2 amide bonds. The number of benzene rings is 3. The van der Waals surface area contributed by atoms with Gasteiger partial charge in [-0.1, -0.05) is 73.4 Å². The standard InChI is InChI=1S/C30H35Cl2N3O5S/c1-21(2)17-33-30(37)22(3)34(18-26-27(31)11-8-12-28(26)32)29(36)19-35(41(4,38)39)24-13-15-25(16-14-24)40-20-23-9-6-5-7-10-23/h5-16,21-22H,17-20H2,1-4H3,(H,33,37)/t22-/m0/s1. The van der Waals surface area contributed by atoms with E-state index >= 15 is 0 Å². The van der Waals surface area contributed by atoms with Crippen LogP contribution in [0.25, 0.3) is 0 Å². The molecule has 0 radical (unpaired) electrons. The maximum Gasteiger partial charge on any atom is 0.244 e. The van der Waals surface area contributed by atoms with Crippen LogP contribution < -0.4 is 14.4 Å². The van der Waals surface area contributed by atoms with Crippen molar-refractivity contribution in [2.24, 2.45) is 5.92 Å². The van der Waals surface area contributed by atoms with Crippen molar-refractivity contribution in [2.75, 3.05) is 23.7 Å². The van der Waals surface area contributed by atoms with Crippen molar-refractivity contribution in [1.29, 1.82) is 0 Å². The van der Waals surface area contributed by atoms with Gasteiger partial charge < -0.3 is 15.0 Å². The van der Waals surface area contributed by atoms with Crippen LogP contribution in [0.2, 0.25) is 10.0 Å². The normalized spacial score (nSPS) is 12.1. The first-order valence-electron chi connectivity index (χ1n) is 13.1. The van der Waals surface area contributed by atoms with Crippen molar-refractivity contribution in [3.8, 4) is 5.75 Å². The zero-order valence-electron chi connectivity index (χ0n) is 23.5. The smallest absolute Gasteiger partial charge is 0.244 e. The minimum atomic E-state index is -3.88. The van der Waals surface area contributed by atoms with Crippen molar-refractivity contribution in [3.63, 3.8) is 0 Å². The monoisotopic (exact) mass is 619 g/mol. The SMILES string of the molecule is CC(C)CNC(=O)[C@H](C)N(Cc1c(Cl)cccc1Cl)C(=O)CN(c1ccc(OCc2ccccc2)cc1)S(C)(=O)=O. The van der Waals surface area contributed by atoms with Crippen molar-refractivity contribution in [1.82, 2.24) is 10.2 Å². The van der Waals surface area contributed by atoms with Crippen molar-refractivity contribution in [2.45, 2.75) is 40.0 Å². The van der Waals surface area contributed by atoms with Crippen LogP contribution in [-0.2, 0) is 32.8 Å². The molecule has 3 rings (SSSR count). The van der Waals surface area contributed by atoms with Crippen LogP contribution in [0.1, 0.15) is 31.9 Å². The van der Waals surface area contributed by atoms with Gasteiger partial charge in [0.15, 0.2) is 0 Å². The summed E-state index contributed by atoms with van der Waals surface area (Å²) in [5.41, 5.74) is 1.73. The van der Waals surface area contributed by atoms with E-state index in [1.54, 1.807) is 49.4 Å². The van der Waals surface area contributed by atoms with Crippen LogP contribution in [-0.4, -0.2) is 50.5 Å². The summed E-state index contributed by atoms with van der Waals surface area (Å²) in [4.78, 5) is 28.0. The lowest BCUT2D eigenvalue weighted by Gasteiger charge is -2.32. The Labute approximate surface area is 252 Å². The summed E-state index contributed by atoms with van der Waals surface area (Å²) in [6.45, 7) is 5.65. The van der Waals surface area contributed by atoms with Crippen molar-refractivity contribution in [3.05, 3.63) is 94.0 Å². The molecule has 0 saturated heterocycles. The second-order valence-electron chi connectivity index (χ2n) is 10.1. The number of nitrogens with zero attached hydrogens (tertiary/aromatic N) is 2.